The Bertz CT molecular complexity index is 479. The van der Waals surface area contributed by atoms with Gasteiger partial charge in [-0.3, -0.25) is 0 Å². The van der Waals surface area contributed by atoms with Gasteiger partial charge in [-0.2, -0.15) is 0 Å². The Hall–Kier alpha value is -2.03. The number of halogens is 1. The van der Waals surface area contributed by atoms with E-state index < -0.39 is 5.82 Å². The highest BCUT2D eigenvalue weighted by Gasteiger charge is 2.05. The zero-order valence-corrected chi connectivity index (χ0v) is 7.94. The molecular formula is C12H10FNO. The third kappa shape index (κ3) is 1.76. The summed E-state index contributed by atoms with van der Waals surface area (Å²) in [4.78, 5) is 0. The summed E-state index contributed by atoms with van der Waals surface area (Å²) >= 11 is 0. The number of hydrogen-bond donors (Lipinski definition) is 2. The number of phenolic OH excluding ortho intramolecular Hbond substituents is 1. The molecule has 0 unspecified atom stereocenters. The van der Waals surface area contributed by atoms with E-state index in [0.717, 1.165) is 5.56 Å². The van der Waals surface area contributed by atoms with Crippen molar-refractivity contribution in [2.24, 2.45) is 0 Å². The molecule has 0 radical (unpaired) electrons. The molecule has 15 heavy (non-hydrogen) atoms. The molecule has 2 aromatic carbocycles. The zero-order valence-electron chi connectivity index (χ0n) is 7.94. The maximum absolute atomic E-state index is 13.2. The molecule has 0 aliphatic heterocycles. The first kappa shape index (κ1) is 9.52. The largest absolute Gasteiger partial charge is 0.508 e. The van der Waals surface area contributed by atoms with Crippen molar-refractivity contribution < 1.29 is 9.50 Å². The van der Waals surface area contributed by atoms with E-state index in [4.69, 9.17) is 10.8 Å². The molecular weight excluding hydrogens is 193 g/mol. The fraction of sp³-hybridized carbons (Fsp3) is 0. The second-order valence-corrected chi connectivity index (χ2v) is 3.25. The van der Waals surface area contributed by atoms with E-state index in [9.17, 15) is 4.39 Å². The highest BCUT2D eigenvalue weighted by molar-refractivity contribution is 5.76. The van der Waals surface area contributed by atoms with Crippen LogP contribution in [-0.2, 0) is 0 Å². The minimum atomic E-state index is -0.430. The van der Waals surface area contributed by atoms with Crippen LogP contribution in [0.4, 0.5) is 10.1 Å². The smallest absolute Gasteiger partial charge is 0.146 e. The first-order valence-electron chi connectivity index (χ1n) is 4.52. The average molecular weight is 203 g/mol. The van der Waals surface area contributed by atoms with Gasteiger partial charge in [-0.15, -0.1) is 0 Å². The molecule has 0 aromatic heterocycles. The first-order chi connectivity index (χ1) is 7.18. The van der Waals surface area contributed by atoms with E-state index in [1.54, 1.807) is 36.4 Å². The van der Waals surface area contributed by atoms with Crippen LogP contribution in [0, 0.1) is 5.82 Å². The second-order valence-electron chi connectivity index (χ2n) is 3.25. The molecule has 2 nitrogen and oxygen atoms in total. The van der Waals surface area contributed by atoms with Crippen molar-refractivity contribution in [3.8, 4) is 16.9 Å². The third-order valence-corrected chi connectivity index (χ3v) is 2.23. The highest BCUT2D eigenvalue weighted by Crippen LogP contribution is 2.28. The molecule has 0 fully saturated rings. The molecule has 0 aliphatic carbocycles. The Labute approximate surface area is 86.8 Å². The van der Waals surface area contributed by atoms with Crippen LogP contribution in [-0.4, -0.2) is 5.11 Å². The molecule has 0 spiro atoms. The Kier molecular flexibility index (Phi) is 2.29. The van der Waals surface area contributed by atoms with Crippen LogP contribution in [0.1, 0.15) is 0 Å². The van der Waals surface area contributed by atoms with Gasteiger partial charge in [-0.05, 0) is 23.8 Å². The van der Waals surface area contributed by atoms with Crippen molar-refractivity contribution in [1.82, 2.24) is 0 Å². The fourth-order valence-electron chi connectivity index (χ4n) is 1.43. The summed E-state index contributed by atoms with van der Waals surface area (Å²) in [6.07, 6.45) is 0. The van der Waals surface area contributed by atoms with Gasteiger partial charge < -0.3 is 10.8 Å². The van der Waals surface area contributed by atoms with E-state index in [1.165, 1.54) is 6.07 Å². The first-order valence-corrected chi connectivity index (χ1v) is 4.52. The number of para-hydroxylation sites is 1. The number of nitrogen functional groups attached to an aromatic ring is 1. The summed E-state index contributed by atoms with van der Waals surface area (Å²) in [6, 6.07) is 11.1. The summed E-state index contributed by atoms with van der Waals surface area (Å²) < 4.78 is 13.2. The summed E-state index contributed by atoms with van der Waals surface area (Å²) in [7, 11) is 0. The van der Waals surface area contributed by atoms with Gasteiger partial charge in [0.2, 0.25) is 0 Å². The molecule has 0 heterocycles. The second kappa shape index (κ2) is 3.61. The summed E-state index contributed by atoms with van der Waals surface area (Å²) in [6.45, 7) is 0. The number of rotatable bonds is 1. The van der Waals surface area contributed by atoms with E-state index in [-0.39, 0.29) is 11.4 Å². The Morgan fingerprint density at radius 2 is 1.67 bits per heavy atom. The molecule has 0 aliphatic rings. The Morgan fingerprint density at radius 3 is 2.33 bits per heavy atom. The lowest BCUT2D eigenvalue weighted by Crippen LogP contribution is -1.93. The van der Waals surface area contributed by atoms with Crippen LogP contribution in [0.3, 0.4) is 0 Å². The summed E-state index contributed by atoms with van der Waals surface area (Å²) in [5, 5.41) is 9.12. The number of benzene rings is 2. The van der Waals surface area contributed by atoms with Gasteiger partial charge in [0.05, 0.1) is 5.69 Å². The number of phenols is 1. The van der Waals surface area contributed by atoms with Crippen LogP contribution in [0.25, 0.3) is 11.1 Å². The number of hydrogen-bond acceptors (Lipinski definition) is 2. The number of anilines is 1. The van der Waals surface area contributed by atoms with Gasteiger partial charge >= 0.3 is 0 Å². The monoisotopic (exact) mass is 203 g/mol. The van der Waals surface area contributed by atoms with Crippen molar-refractivity contribution in [1.29, 1.82) is 0 Å². The van der Waals surface area contributed by atoms with Crippen molar-refractivity contribution in [3.63, 3.8) is 0 Å². The van der Waals surface area contributed by atoms with Crippen molar-refractivity contribution in [3.05, 3.63) is 48.3 Å². The van der Waals surface area contributed by atoms with E-state index >= 15 is 0 Å². The Balaban J connectivity index is 2.54. The van der Waals surface area contributed by atoms with Crippen molar-refractivity contribution in [2.75, 3.05) is 5.73 Å². The molecule has 0 saturated carbocycles. The molecule has 2 aromatic rings. The molecule has 0 saturated heterocycles. The van der Waals surface area contributed by atoms with Crippen molar-refractivity contribution >= 4 is 5.69 Å². The predicted octanol–water partition coefficient (Wildman–Crippen LogP) is 2.78. The van der Waals surface area contributed by atoms with Gasteiger partial charge in [0, 0.05) is 5.56 Å². The fourth-order valence-corrected chi connectivity index (χ4v) is 1.43. The quantitative estimate of drug-likeness (QED) is 0.700. The maximum atomic E-state index is 13.2. The lowest BCUT2D eigenvalue weighted by molar-refractivity contribution is 0.475. The van der Waals surface area contributed by atoms with Crippen LogP contribution in [0.15, 0.2) is 42.5 Å². The zero-order chi connectivity index (χ0) is 10.8. The predicted molar refractivity (Wildman–Crippen MR) is 57.9 cm³/mol. The van der Waals surface area contributed by atoms with Crippen LogP contribution in [0.2, 0.25) is 0 Å². The molecule has 0 atom stereocenters. The van der Waals surface area contributed by atoms with Gasteiger partial charge in [0.25, 0.3) is 0 Å². The SMILES string of the molecule is Nc1c(F)cccc1-c1ccc(O)cc1. The van der Waals surface area contributed by atoms with E-state index in [0.29, 0.717) is 5.56 Å². The summed E-state index contributed by atoms with van der Waals surface area (Å²) in [5.41, 5.74) is 7.16. The number of aromatic hydroxyl groups is 1. The van der Waals surface area contributed by atoms with Gasteiger partial charge in [0.1, 0.15) is 11.6 Å². The number of nitrogens with two attached hydrogens (primary N) is 1. The van der Waals surface area contributed by atoms with Crippen LogP contribution >= 0.6 is 0 Å². The van der Waals surface area contributed by atoms with Gasteiger partial charge in [-0.1, -0.05) is 24.3 Å². The minimum Gasteiger partial charge on any atom is -0.508 e. The maximum Gasteiger partial charge on any atom is 0.146 e. The van der Waals surface area contributed by atoms with Crippen LogP contribution < -0.4 is 5.73 Å². The average Bonchev–Trinajstić information content (AvgIpc) is 2.24. The molecule has 0 bridgehead atoms. The molecule has 76 valence electrons. The summed E-state index contributed by atoms with van der Waals surface area (Å²) in [5.74, 6) is -0.255. The van der Waals surface area contributed by atoms with E-state index in [1.807, 2.05) is 0 Å². The van der Waals surface area contributed by atoms with Gasteiger partial charge in [-0.25, -0.2) is 4.39 Å². The molecule has 3 N–H and O–H groups in total. The van der Waals surface area contributed by atoms with E-state index in [2.05, 4.69) is 0 Å². The molecule has 0 amide bonds. The van der Waals surface area contributed by atoms with Gasteiger partial charge in [0.15, 0.2) is 0 Å². The molecule has 2 rings (SSSR count). The van der Waals surface area contributed by atoms with Crippen molar-refractivity contribution in [2.45, 2.75) is 0 Å². The minimum absolute atomic E-state index is 0.128. The third-order valence-electron chi connectivity index (χ3n) is 2.23. The Morgan fingerprint density at radius 1 is 1.00 bits per heavy atom. The molecule has 3 heteroatoms. The lowest BCUT2D eigenvalue weighted by Gasteiger charge is -2.06. The van der Waals surface area contributed by atoms with Crippen LogP contribution in [0.5, 0.6) is 5.75 Å². The normalized spacial score (nSPS) is 10.2. The topological polar surface area (TPSA) is 46.2 Å². The highest BCUT2D eigenvalue weighted by atomic mass is 19.1. The lowest BCUT2D eigenvalue weighted by atomic mass is 10.0. The standard InChI is InChI=1S/C12H10FNO/c13-11-3-1-2-10(12(11)14)8-4-6-9(15)7-5-8/h1-7,15H,14H2.